The summed E-state index contributed by atoms with van der Waals surface area (Å²) >= 11 is 0. The Morgan fingerprint density at radius 3 is 2.63 bits per heavy atom. The third kappa shape index (κ3) is 3.71. The van der Waals surface area contributed by atoms with Crippen LogP contribution in [0.4, 0.5) is 5.95 Å². The zero-order valence-electron chi connectivity index (χ0n) is 16.0. The minimum atomic E-state index is -0.113. The second-order valence-electron chi connectivity index (χ2n) is 7.77. The van der Waals surface area contributed by atoms with Gasteiger partial charge in [0.25, 0.3) is 0 Å². The SMILES string of the molecule is CC1CN(Cc2ccc(-c3cccn4nc(NC(=O)C(C)C)nc34)cc2)C1. The van der Waals surface area contributed by atoms with Gasteiger partial charge >= 0.3 is 0 Å². The number of rotatable bonds is 5. The predicted octanol–water partition coefficient (Wildman–Crippen LogP) is 3.44. The number of benzene rings is 1. The van der Waals surface area contributed by atoms with Crippen LogP contribution in [0.25, 0.3) is 16.8 Å². The molecule has 1 aliphatic heterocycles. The number of carbonyl (C=O) groups excluding carboxylic acids is 1. The molecule has 1 N–H and O–H groups in total. The molecular weight excluding hydrogens is 338 g/mol. The molecule has 27 heavy (non-hydrogen) atoms. The van der Waals surface area contributed by atoms with E-state index in [0.29, 0.717) is 5.95 Å². The summed E-state index contributed by atoms with van der Waals surface area (Å²) in [5.74, 6) is 0.958. The van der Waals surface area contributed by atoms with Crippen molar-refractivity contribution < 1.29 is 4.79 Å². The average Bonchev–Trinajstić information content (AvgIpc) is 3.03. The van der Waals surface area contributed by atoms with Crippen LogP contribution in [-0.4, -0.2) is 38.5 Å². The van der Waals surface area contributed by atoms with E-state index in [1.807, 2.05) is 32.2 Å². The van der Waals surface area contributed by atoms with Crippen LogP contribution in [0.15, 0.2) is 42.6 Å². The standard InChI is InChI=1S/C21H25N5O/c1-14(2)20(27)23-21-22-19-18(5-4-10-26(19)24-21)17-8-6-16(7-9-17)13-25-11-15(3)12-25/h4-10,14-15H,11-13H2,1-3H3,(H,23,24,27). The second-order valence-corrected chi connectivity index (χ2v) is 7.77. The molecule has 0 spiro atoms. The Morgan fingerprint density at radius 1 is 1.22 bits per heavy atom. The third-order valence-corrected chi connectivity index (χ3v) is 4.93. The van der Waals surface area contributed by atoms with Gasteiger partial charge < -0.3 is 0 Å². The molecule has 1 aliphatic rings. The lowest BCUT2D eigenvalue weighted by Crippen LogP contribution is -2.44. The van der Waals surface area contributed by atoms with Gasteiger partial charge in [-0.3, -0.25) is 15.0 Å². The van der Waals surface area contributed by atoms with E-state index in [-0.39, 0.29) is 11.8 Å². The summed E-state index contributed by atoms with van der Waals surface area (Å²) in [7, 11) is 0. The molecule has 3 aromatic rings. The number of nitrogens with zero attached hydrogens (tertiary/aromatic N) is 4. The maximum absolute atomic E-state index is 11.9. The highest BCUT2D eigenvalue weighted by Gasteiger charge is 2.22. The van der Waals surface area contributed by atoms with E-state index in [9.17, 15) is 4.79 Å². The number of hydrogen-bond donors (Lipinski definition) is 1. The van der Waals surface area contributed by atoms with Crippen molar-refractivity contribution in [3.63, 3.8) is 0 Å². The van der Waals surface area contributed by atoms with E-state index < -0.39 is 0 Å². The van der Waals surface area contributed by atoms with Crippen molar-refractivity contribution in [2.24, 2.45) is 11.8 Å². The monoisotopic (exact) mass is 363 g/mol. The number of anilines is 1. The fourth-order valence-electron chi connectivity index (χ4n) is 3.44. The number of likely N-dealkylation sites (tertiary alicyclic amines) is 1. The summed E-state index contributed by atoms with van der Waals surface area (Å²) in [4.78, 5) is 18.9. The van der Waals surface area contributed by atoms with Crippen molar-refractivity contribution in [1.82, 2.24) is 19.5 Å². The zero-order chi connectivity index (χ0) is 19.0. The van der Waals surface area contributed by atoms with Crippen molar-refractivity contribution in [3.8, 4) is 11.1 Å². The summed E-state index contributed by atoms with van der Waals surface area (Å²) in [6.07, 6.45) is 1.84. The molecule has 0 radical (unpaired) electrons. The summed E-state index contributed by atoms with van der Waals surface area (Å²) in [6.45, 7) is 9.36. The highest BCUT2D eigenvalue weighted by Crippen LogP contribution is 2.26. The molecule has 140 valence electrons. The molecule has 1 aromatic carbocycles. The van der Waals surface area contributed by atoms with Crippen LogP contribution in [0.3, 0.4) is 0 Å². The Bertz CT molecular complexity index is 954. The Kier molecular flexibility index (Phi) is 4.66. The Morgan fingerprint density at radius 2 is 1.96 bits per heavy atom. The number of pyridine rings is 1. The first-order valence-corrected chi connectivity index (χ1v) is 9.47. The Balaban J connectivity index is 1.57. The van der Waals surface area contributed by atoms with Crippen LogP contribution in [0.2, 0.25) is 0 Å². The molecule has 0 bridgehead atoms. The second kappa shape index (κ2) is 7.12. The van der Waals surface area contributed by atoms with Gasteiger partial charge in [-0.15, -0.1) is 5.10 Å². The number of nitrogens with one attached hydrogen (secondary N) is 1. The van der Waals surface area contributed by atoms with E-state index in [4.69, 9.17) is 0 Å². The van der Waals surface area contributed by atoms with Crippen molar-refractivity contribution in [2.45, 2.75) is 27.3 Å². The fourth-order valence-corrected chi connectivity index (χ4v) is 3.44. The van der Waals surface area contributed by atoms with Crippen LogP contribution >= 0.6 is 0 Å². The molecule has 0 atom stereocenters. The van der Waals surface area contributed by atoms with Crippen LogP contribution in [0, 0.1) is 11.8 Å². The Hall–Kier alpha value is -2.73. The summed E-state index contributed by atoms with van der Waals surface area (Å²) < 4.78 is 1.71. The molecule has 3 heterocycles. The Labute approximate surface area is 159 Å². The highest BCUT2D eigenvalue weighted by atomic mass is 16.2. The van der Waals surface area contributed by atoms with Crippen molar-refractivity contribution >= 4 is 17.5 Å². The number of fused-ring (bicyclic) bond motifs is 1. The topological polar surface area (TPSA) is 62.5 Å². The summed E-state index contributed by atoms with van der Waals surface area (Å²) in [5.41, 5.74) is 4.15. The van der Waals surface area contributed by atoms with E-state index in [0.717, 1.165) is 29.2 Å². The minimum absolute atomic E-state index is 0.0860. The lowest BCUT2D eigenvalue weighted by molar-refractivity contribution is -0.118. The van der Waals surface area contributed by atoms with Gasteiger partial charge in [-0.05, 0) is 29.2 Å². The molecule has 0 aliphatic carbocycles. The predicted molar refractivity (Wildman–Crippen MR) is 106 cm³/mol. The zero-order valence-corrected chi connectivity index (χ0v) is 16.0. The number of amides is 1. The molecule has 0 unspecified atom stereocenters. The molecule has 1 fully saturated rings. The lowest BCUT2D eigenvalue weighted by atomic mass is 10.0. The molecule has 6 nitrogen and oxygen atoms in total. The average molecular weight is 363 g/mol. The van der Waals surface area contributed by atoms with Crippen molar-refractivity contribution in [3.05, 3.63) is 48.2 Å². The largest absolute Gasteiger partial charge is 0.298 e. The highest BCUT2D eigenvalue weighted by molar-refractivity contribution is 5.91. The summed E-state index contributed by atoms with van der Waals surface area (Å²) in [5, 5.41) is 7.14. The van der Waals surface area contributed by atoms with E-state index >= 15 is 0 Å². The molecule has 4 rings (SSSR count). The smallest absolute Gasteiger partial charge is 0.249 e. The van der Waals surface area contributed by atoms with Gasteiger partial charge in [0.15, 0.2) is 5.65 Å². The molecule has 0 saturated carbocycles. The van der Waals surface area contributed by atoms with Gasteiger partial charge in [-0.1, -0.05) is 45.0 Å². The quantitative estimate of drug-likeness (QED) is 0.754. The third-order valence-electron chi connectivity index (χ3n) is 4.93. The maximum atomic E-state index is 11.9. The fraction of sp³-hybridized carbons (Fsp3) is 0.381. The molecule has 6 heteroatoms. The number of aromatic nitrogens is 3. The van der Waals surface area contributed by atoms with Crippen LogP contribution < -0.4 is 5.32 Å². The molecule has 1 amide bonds. The van der Waals surface area contributed by atoms with Crippen molar-refractivity contribution in [1.29, 1.82) is 0 Å². The van der Waals surface area contributed by atoms with E-state index in [2.05, 4.69) is 51.5 Å². The van der Waals surface area contributed by atoms with Gasteiger partial charge in [0.1, 0.15) is 0 Å². The molecule has 2 aromatic heterocycles. The normalized spacial score (nSPS) is 15.3. The first-order chi connectivity index (χ1) is 13.0. The van der Waals surface area contributed by atoms with E-state index in [1.165, 1.54) is 18.7 Å². The number of carbonyl (C=O) groups is 1. The van der Waals surface area contributed by atoms with E-state index in [1.54, 1.807) is 4.52 Å². The van der Waals surface area contributed by atoms with Gasteiger partial charge in [-0.25, -0.2) is 4.52 Å². The van der Waals surface area contributed by atoms with Gasteiger partial charge in [0.05, 0.1) is 0 Å². The van der Waals surface area contributed by atoms with Crippen LogP contribution in [0.1, 0.15) is 26.3 Å². The first kappa shape index (κ1) is 17.7. The van der Waals surface area contributed by atoms with Crippen LogP contribution in [0.5, 0.6) is 0 Å². The molecule has 1 saturated heterocycles. The van der Waals surface area contributed by atoms with Gasteiger partial charge in [-0.2, -0.15) is 4.98 Å². The minimum Gasteiger partial charge on any atom is -0.298 e. The van der Waals surface area contributed by atoms with Gasteiger partial charge in [0.2, 0.25) is 11.9 Å². The number of hydrogen-bond acceptors (Lipinski definition) is 4. The lowest BCUT2D eigenvalue weighted by Gasteiger charge is -2.37. The molecular formula is C21H25N5O. The summed E-state index contributed by atoms with van der Waals surface area (Å²) in [6, 6.07) is 12.6. The van der Waals surface area contributed by atoms with Gasteiger partial charge in [0, 0.05) is 37.3 Å². The van der Waals surface area contributed by atoms with Crippen molar-refractivity contribution in [2.75, 3.05) is 18.4 Å². The first-order valence-electron chi connectivity index (χ1n) is 9.47. The maximum Gasteiger partial charge on any atom is 0.249 e. The van der Waals surface area contributed by atoms with Crippen LogP contribution in [-0.2, 0) is 11.3 Å².